The van der Waals surface area contributed by atoms with Crippen LogP contribution < -0.4 is 5.32 Å². The van der Waals surface area contributed by atoms with E-state index < -0.39 is 6.10 Å². The minimum Gasteiger partial charge on any atom is -0.394 e. The zero-order valence-corrected chi connectivity index (χ0v) is 12.5. The summed E-state index contributed by atoms with van der Waals surface area (Å²) in [6.45, 7) is 3.16. The summed E-state index contributed by atoms with van der Waals surface area (Å²) in [5.41, 5.74) is 1.88. The molecule has 1 aromatic carbocycles. The van der Waals surface area contributed by atoms with Gasteiger partial charge >= 0.3 is 0 Å². The number of fused-ring (bicyclic) bond motifs is 1. The summed E-state index contributed by atoms with van der Waals surface area (Å²) < 4.78 is 2.14. The summed E-state index contributed by atoms with van der Waals surface area (Å²) >= 11 is 1.74. The van der Waals surface area contributed by atoms with Crippen molar-refractivity contribution in [2.75, 3.05) is 18.5 Å². The third-order valence-corrected chi connectivity index (χ3v) is 4.40. The maximum Gasteiger partial charge on any atom is 0.191 e. The van der Waals surface area contributed by atoms with Crippen LogP contribution in [0.15, 0.2) is 29.4 Å². The van der Waals surface area contributed by atoms with Crippen LogP contribution in [0.1, 0.15) is 6.92 Å². The largest absolute Gasteiger partial charge is 0.394 e. The fourth-order valence-corrected chi connectivity index (χ4v) is 3.26. The third kappa shape index (κ3) is 3.04. The molecule has 112 valence electrons. The molecule has 2 aromatic rings. The lowest BCUT2D eigenvalue weighted by molar-refractivity contribution is 0.105. The van der Waals surface area contributed by atoms with Gasteiger partial charge < -0.3 is 20.1 Å². The van der Waals surface area contributed by atoms with Crippen molar-refractivity contribution in [1.29, 1.82) is 0 Å². The van der Waals surface area contributed by atoms with Crippen LogP contribution in [0.4, 0.5) is 5.69 Å². The molecule has 0 spiro atoms. The second kappa shape index (κ2) is 6.05. The van der Waals surface area contributed by atoms with Crippen molar-refractivity contribution in [2.24, 2.45) is 0 Å². The van der Waals surface area contributed by atoms with Gasteiger partial charge in [0.1, 0.15) is 0 Å². The summed E-state index contributed by atoms with van der Waals surface area (Å²) in [6.07, 6.45) is -0.761. The number of anilines is 1. The number of aliphatic hydroxyl groups is 2. The number of benzene rings is 1. The molecule has 0 bridgehead atoms. The van der Waals surface area contributed by atoms with Crippen molar-refractivity contribution < 1.29 is 10.2 Å². The van der Waals surface area contributed by atoms with E-state index in [1.165, 1.54) is 0 Å². The monoisotopic (exact) mass is 306 g/mol. The van der Waals surface area contributed by atoms with Crippen molar-refractivity contribution in [3.05, 3.63) is 24.3 Å². The van der Waals surface area contributed by atoms with Gasteiger partial charge in [-0.15, -0.1) is 10.2 Å². The minimum absolute atomic E-state index is 0.251. The standard InChI is InChI=1S/C14H18N4O2S/c1-9-7-18-13(16-17-14(18)21-9)10-3-2-4-11(5-10)15-6-12(20)8-19/h2-5,9,12,15,19-20H,6-8H2,1H3. The van der Waals surface area contributed by atoms with Crippen LogP contribution in [0.2, 0.25) is 0 Å². The maximum atomic E-state index is 9.39. The molecule has 3 N–H and O–H groups in total. The number of nitrogens with one attached hydrogen (secondary N) is 1. The maximum absolute atomic E-state index is 9.39. The lowest BCUT2D eigenvalue weighted by atomic mass is 10.2. The summed E-state index contributed by atoms with van der Waals surface area (Å²) in [7, 11) is 0. The predicted octanol–water partition coefficient (Wildman–Crippen LogP) is 1.20. The number of hydrogen-bond donors (Lipinski definition) is 3. The van der Waals surface area contributed by atoms with E-state index in [-0.39, 0.29) is 6.61 Å². The van der Waals surface area contributed by atoms with Gasteiger partial charge in [0.15, 0.2) is 11.0 Å². The molecule has 1 aromatic heterocycles. The van der Waals surface area contributed by atoms with E-state index in [0.717, 1.165) is 28.8 Å². The van der Waals surface area contributed by atoms with Gasteiger partial charge in [-0.1, -0.05) is 30.8 Å². The highest BCUT2D eigenvalue weighted by atomic mass is 32.2. The molecule has 7 heteroatoms. The number of nitrogens with zero attached hydrogens (tertiary/aromatic N) is 3. The number of rotatable bonds is 5. The summed E-state index contributed by atoms with van der Waals surface area (Å²) in [4.78, 5) is 0. The van der Waals surface area contributed by atoms with Gasteiger partial charge in [-0.3, -0.25) is 0 Å². The van der Waals surface area contributed by atoms with Crippen molar-refractivity contribution in [3.8, 4) is 11.4 Å². The van der Waals surface area contributed by atoms with E-state index >= 15 is 0 Å². The fraction of sp³-hybridized carbons (Fsp3) is 0.429. The average molecular weight is 306 g/mol. The first-order valence-electron chi connectivity index (χ1n) is 6.90. The van der Waals surface area contributed by atoms with Gasteiger partial charge in [-0.2, -0.15) is 0 Å². The molecule has 1 aliphatic rings. The second-order valence-electron chi connectivity index (χ2n) is 5.14. The van der Waals surface area contributed by atoms with Crippen LogP contribution >= 0.6 is 11.8 Å². The van der Waals surface area contributed by atoms with Crippen LogP contribution in [0, 0.1) is 0 Å². The van der Waals surface area contributed by atoms with E-state index in [1.807, 2.05) is 24.3 Å². The third-order valence-electron chi connectivity index (χ3n) is 3.34. The molecule has 0 amide bonds. The Kier molecular flexibility index (Phi) is 4.14. The Morgan fingerprint density at radius 3 is 3.14 bits per heavy atom. The Morgan fingerprint density at radius 1 is 1.48 bits per heavy atom. The number of thioether (sulfide) groups is 1. The van der Waals surface area contributed by atoms with Crippen molar-refractivity contribution >= 4 is 17.4 Å². The molecule has 3 rings (SSSR count). The number of aliphatic hydroxyl groups excluding tert-OH is 2. The lowest BCUT2D eigenvalue weighted by Gasteiger charge is -2.11. The summed E-state index contributed by atoms with van der Waals surface area (Å²) in [6, 6.07) is 7.84. The molecule has 0 saturated carbocycles. The van der Waals surface area contributed by atoms with Crippen LogP contribution in [0.3, 0.4) is 0 Å². The predicted molar refractivity (Wildman–Crippen MR) is 82.4 cm³/mol. The Morgan fingerprint density at radius 2 is 2.33 bits per heavy atom. The summed E-state index contributed by atoms with van der Waals surface area (Å²) in [5, 5.41) is 31.3. The molecule has 6 nitrogen and oxygen atoms in total. The minimum atomic E-state index is -0.761. The van der Waals surface area contributed by atoms with E-state index in [1.54, 1.807) is 11.8 Å². The molecule has 0 fully saturated rings. The normalized spacial score (nSPS) is 18.5. The highest BCUT2D eigenvalue weighted by Crippen LogP contribution is 2.34. The van der Waals surface area contributed by atoms with Crippen LogP contribution in [0.5, 0.6) is 0 Å². The molecule has 21 heavy (non-hydrogen) atoms. The zero-order chi connectivity index (χ0) is 14.8. The number of aromatic nitrogens is 3. The number of hydrogen-bond acceptors (Lipinski definition) is 6. The van der Waals surface area contributed by atoms with E-state index in [9.17, 15) is 5.11 Å². The lowest BCUT2D eigenvalue weighted by Crippen LogP contribution is -2.22. The van der Waals surface area contributed by atoms with E-state index in [0.29, 0.717) is 11.8 Å². The van der Waals surface area contributed by atoms with Crippen molar-refractivity contribution in [2.45, 2.75) is 30.0 Å². The van der Waals surface area contributed by atoms with E-state index in [4.69, 9.17) is 5.11 Å². The van der Waals surface area contributed by atoms with Gasteiger partial charge in [-0.25, -0.2) is 0 Å². The smallest absolute Gasteiger partial charge is 0.191 e. The van der Waals surface area contributed by atoms with Gasteiger partial charge in [0.2, 0.25) is 0 Å². The highest BCUT2D eigenvalue weighted by molar-refractivity contribution is 7.99. The molecular weight excluding hydrogens is 288 g/mol. The molecule has 0 saturated heterocycles. The molecule has 2 heterocycles. The highest BCUT2D eigenvalue weighted by Gasteiger charge is 2.24. The van der Waals surface area contributed by atoms with E-state index in [2.05, 4.69) is 27.0 Å². The van der Waals surface area contributed by atoms with Gasteiger partial charge in [0, 0.05) is 29.6 Å². The molecule has 2 atom stereocenters. The quantitative estimate of drug-likeness (QED) is 0.770. The van der Waals surface area contributed by atoms with Gasteiger partial charge in [0.25, 0.3) is 0 Å². The first-order chi connectivity index (χ1) is 10.2. The Labute approximate surface area is 127 Å². The first kappa shape index (κ1) is 14.4. The molecule has 0 radical (unpaired) electrons. The molecule has 1 aliphatic heterocycles. The second-order valence-corrected chi connectivity index (χ2v) is 6.55. The zero-order valence-electron chi connectivity index (χ0n) is 11.7. The van der Waals surface area contributed by atoms with Crippen molar-refractivity contribution in [1.82, 2.24) is 14.8 Å². The Bertz CT molecular complexity index is 631. The van der Waals surface area contributed by atoms with Gasteiger partial charge in [0.05, 0.1) is 12.7 Å². The first-order valence-corrected chi connectivity index (χ1v) is 7.78. The molecule has 0 aliphatic carbocycles. The van der Waals surface area contributed by atoms with Crippen LogP contribution in [-0.4, -0.2) is 49.5 Å². The van der Waals surface area contributed by atoms with Crippen molar-refractivity contribution in [3.63, 3.8) is 0 Å². The molecule has 2 unspecified atom stereocenters. The average Bonchev–Trinajstić information content (AvgIpc) is 3.03. The Balaban J connectivity index is 1.80. The van der Waals surface area contributed by atoms with Crippen LogP contribution in [-0.2, 0) is 6.54 Å². The topological polar surface area (TPSA) is 83.2 Å². The summed E-state index contributed by atoms with van der Waals surface area (Å²) in [5.74, 6) is 0.869. The fourth-order valence-electron chi connectivity index (χ4n) is 2.30. The Hall–Kier alpha value is -1.57. The molecular formula is C14H18N4O2S. The van der Waals surface area contributed by atoms with Gasteiger partial charge in [-0.05, 0) is 12.1 Å². The van der Waals surface area contributed by atoms with Crippen LogP contribution in [0.25, 0.3) is 11.4 Å². The SMILES string of the molecule is CC1Cn2c(nnc2-c2cccc(NCC(O)CO)c2)S1.